The zero-order chi connectivity index (χ0) is 7.40. The fourth-order valence-electron chi connectivity index (χ4n) is 0.892. The summed E-state index contributed by atoms with van der Waals surface area (Å²) in [5, 5.41) is 1.46. The van der Waals surface area contributed by atoms with Crippen molar-refractivity contribution >= 4 is 14.7 Å². The minimum absolute atomic E-state index is 0.0194. The summed E-state index contributed by atoms with van der Waals surface area (Å²) in [5.74, 6) is 0.979. The second kappa shape index (κ2) is 3.42. The third kappa shape index (κ3) is 1.61. The Morgan fingerprint density at radius 3 is 2.80 bits per heavy atom. The highest BCUT2D eigenvalue weighted by molar-refractivity contribution is 6.51. The molecule has 0 aliphatic carbocycles. The molecule has 0 fully saturated rings. The lowest BCUT2D eigenvalue weighted by Gasteiger charge is -2.00. The lowest BCUT2D eigenvalue weighted by atomic mass is 10.3. The number of benzene rings is 1. The van der Waals surface area contributed by atoms with Gasteiger partial charge >= 0.3 is 0 Å². The Morgan fingerprint density at radius 2 is 2.20 bits per heavy atom. The maximum absolute atomic E-state index is 5.08. The Hall–Kier alpha value is -0.763. The Labute approximate surface area is 63.8 Å². The van der Waals surface area contributed by atoms with Crippen molar-refractivity contribution in [3.8, 4) is 5.75 Å². The quantitative estimate of drug-likeness (QED) is 0.562. The van der Waals surface area contributed by atoms with E-state index in [0.29, 0.717) is 0 Å². The average molecular weight is 152 g/mol. The summed E-state index contributed by atoms with van der Waals surface area (Å²) in [6.45, 7) is 2.27. The second-order valence-corrected chi connectivity index (χ2v) is 3.73. The van der Waals surface area contributed by atoms with Gasteiger partial charge < -0.3 is 4.74 Å². The van der Waals surface area contributed by atoms with Crippen LogP contribution in [0.5, 0.6) is 5.75 Å². The van der Waals surface area contributed by atoms with Gasteiger partial charge in [0.05, 0.1) is 16.6 Å². The van der Waals surface area contributed by atoms with Crippen molar-refractivity contribution in [2.24, 2.45) is 0 Å². The summed E-state index contributed by atoms with van der Waals surface area (Å²) >= 11 is 0. The lowest BCUT2D eigenvalue weighted by molar-refractivity contribution is 0.415. The standard InChI is InChI=1S/C8H12OSi/c1-9-7-4-3-5-8(6-7)10-2/h3-6H,10H2,1-2H3. The second-order valence-electron chi connectivity index (χ2n) is 2.21. The van der Waals surface area contributed by atoms with E-state index in [0.717, 1.165) is 5.75 Å². The van der Waals surface area contributed by atoms with E-state index in [1.165, 1.54) is 5.19 Å². The number of methoxy groups -OCH3 is 1. The van der Waals surface area contributed by atoms with Crippen LogP contribution in [0.4, 0.5) is 0 Å². The topological polar surface area (TPSA) is 9.23 Å². The summed E-state index contributed by atoms with van der Waals surface area (Å²) in [4.78, 5) is 0. The Balaban J connectivity index is 2.87. The number of hydrogen-bond donors (Lipinski definition) is 0. The van der Waals surface area contributed by atoms with Crippen molar-refractivity contribution < 1.29 is 4.74 Å². The molecule has 0 amide bonds. The van der Waals surface area contributed by atoms with E-state index in [1.54, 1.807) is 7.11 Å². The molecule has 0 radical (unpaired) electrons. The van der Waals surface area contributed by atoms with Crippen molar-refractivity contribution in [1.82, 2.24) is 0 Å². The van der Waals surface area contributed by atoms with E-state index >= 15 is 0 Å². The zero-order valence-corrected chi connectivity index (χ0v) is 7.84. The molecular formula is C8H12OSi. The molecule has 54 valence electrons. The van der Waals surface area contributed by atoms with Crippen LogP contribution in [-0.2, 0) is 0 Å². The van der Waals surface area contributed by atoms with Gasteiger partial charge in [-0.25, -0.2) is 0 Å². The highest BCUT2D eigenvalue weighted by Crippen LogP contribution is 2.04. The molecule has 0 saturated carbocycles. The molecule has 0 saturated heterocycles. The zero-order valence-electron chi connectivity index (χ0n) is 6.42. The predicted octanol–water partition coefficient (Wildman–Crippen LogP) is 0.537. The number of ether oxygens (including phenoxy) is 1. The molecule has 1 aromatic carbocycles. The third-order valence-electron chi connectivity index (χ3n) is 1.54. The molecule has 1 rings (SSSR count). The molecule has 0 aliphatic heterocycles. The highest BCUT2D eigenvalue weighted by atomic mass is 28.2. The van der Waals surface area contributed by atoms with Crippen molar-refractivity contribution in [3.63, 3.8) is 0 Å². The van der Waals surface area contributed by atoms with E-state index in [1.807, 2.05) is 12.1 Å². The first-order valence-electron chi connectivity index (χ1n) is 3.49. The van der Waals surface area contributed by atoms with Gasteiger partial charge in [0.2, 0.25) is 0 Å². The third-order valence-corrected chi connectivity index (χ3v) is 2.80. The summed E-state index contributed by atoms with van der Waals surface area (Å²) in [6.07, 6.45) is 0. The largest absolute Gasteiger partial charge is 0.497 e. The Bertz CT molecular complexity index is 191. The Morgan fingerprint density at radius 1 is 1.40 bits per heavy atom. The molecule has 0 aliphatic rings. The van der Waals surface area contributed by atoms with Gasteiger partial charge in [0, 0.05) is 0 Å². The van der Waals surface area contributed by atoms with Crippen LogP contribution in [-0.4, -0.2) is 16.6 Å². The summed E-state index contributed by atoms with van der Waals surface area (Å²) in [6, 6.07) is 8.30. The van der Waals surface area contributed by atoms with Gasteiger partial charge in [-0.3, -0.25) is 0 Å². The smallest absolute Gasteiger partial charge is 0.118 e. The molecule has 0 aromatic heterocycles. The SMILES string of the molecule is COc1cccc([SiH2]C)c1. The van der Waals surface area contributed by atoms with Crippen molar-refractivity contribution in [1.29, 1.82) is 0 Å². The average Bonchev–Trinajstić information content (AvgIpc) is 2.05. The molecular weight excluding hydrogens is 140 g/mol. The predicted molar refractivity (Wildman–Crippen MR) is 47.0 cm³/mol. The van der Waals surface area contributed by atoms with E-state index in [9.17, 15) is 0 Å². The van der Waals surface area contributed by atoms with E-state index in [-0.39, 0.29) is 9.52 Å². The molecule has 0 heterocycles. The maximum atomic E-state index is 5.08. The number of hydrogen-bond acceptors (Lipinski definition) is 1. The van der Waals surface area contributed by atoms with Gasteiger partial charge in [-0.1, -0.05) is 23.9 Å². The Kier molecular flexibility index (Phi) is 2.51. The van der Waals surface area contributed by atoms with Crippen molar-refractivity contribution in [3.05, 3.63) is 24.3 Å². The molecule has 0 unspecified atom stereocenters. The van der Waals surface area contributed by atoms with Crippen LogP contribution in [0.25, 0.3) is 0 Å². The van der Waals surface area contributed by atoms with E-state index < -0.39 is 0 Å². The van der Waals surface area contributed by atoms with Gasteiger partial charge in [-0.2, -0.15) is 0 Å². The van der Waals surface area contributed by atoms with Crippen LogP contribution in [0.2, 0.25) is 6.55 Å². The molecule has 10 heavy (non-hydrogen) atoms. The van der Waals surface area contributed by atoms with E-state index in [4.69, 9.17) is 4.74 Å². The van der Waals surface area contributed by atoms with Crippen LogP contribution in [0.3, 0.4) is 0 Å². The monoisotopic (exact) mass is 152 g/mol. The molecule has 0 bridgehead atoms. The lowest BCUT2D eigenvalue weighted by Crippen LogP contribution is -2.09. The first-order chi connectivity index (χ1) is 4.86. The van der Waals surface area contributed by atoms with Crippen LogP contribution < -0.4 is 9.92 Å². The van der Waals surface area contributed by atoms with Crippen molar-refractivity contribution in [2.75, 3.05) is 7.11 Å². The van der Waals surface area contributed by atoms with Crippen molar-refractivity contribution in [2.45, 2.75) is 6.55 Å². The summed E-state index contributed by atoms with van der Waals surface area (Å²) in [7, 11) is 1.69. The fraction of sp³-hybridized carbons (Fsp3) is 0.250. The van der Waals surface area contributed by atoms with Crippen LogP contribution in [0.1, 0.15) is 0 Å². The number of rotatable bonds is 2. The molecule has 1 nitrogen and oxygen atoms in total. The van der Waals surface area contributed by atoms with Gasteiger partial charge in [0.1, 0.15) is 5.75 Å². The van der Waals surface area contributed by atoms with Crippen LogP contribution in [0.15, 0.2) is 24.3 Å². The normalized spacial score (nSPS) is 10.6. The molecule has 1 aromatic rings. The summed E-state index contributed by atoms with van der Waals surface area (Å²) < 4.78 is 5.08. The molecule has 2 heteroatoms. The van der Waals surface area contributed by atoms with Gasteiger partial charge in [0.15, 0.2) is 0 Å². The summed E-state index contributed by atoms with van der Waals surface area (Å²) in [5.41, 5.74) is 0. The van der Waals surface area contributed by atoms with Gasteiger partial charge in [0.25, 0.3) is 0 Å². The van der Waals surface area contributed by atoms with Gasteiger partial charge in [-0.05, 0) is 12.1 Å². The minimum atomic E-state index is -0.0194. The molecule has 0 spiro atoms. The van der Waals surface area contributed by atoms with E-state index in [2.05, 4.69) is 18.7 Å². The molecule has 0 atom stereocenters. The molecule has 0 N–H and O–H groups in total. The van der Waals surface area contributed by atoms with Gasteiger partial charge in [-0.15, -0.1) is 0 Å². The van der Waals surface area contributed by atoms with Crippen LogP contribution >= 0.6 is 0 Å². The first kappa shape index (κ1) is 7.35. The highest BCUT2D eigenvalue weighted by Gasteiger charge is 1.90. The van der Waals surface area contributed by atoms with Crippen LogP contribution in [0, 0.1) is 0 Å². The first-order valence-corrected chi connectivity index (χ1v) is 5.62. The maximum Gasteiger partial charge on any atom is 0.118 e. The fourth-order valence-corrected chi connectivity index (χ4v) is 1.67. The minimum Gasteiger partial charge on any atom is -0.497 e.